The molecule has 0 bridgehead atoms. The number of amides is 1. The summed E-state index contributed by atoms with van der Waals surface area (Å²) in [6.07, 6.45) is -0.553. The van der Waals surface area contributed by atoms with Gasteiger partial charge >= 0.3 is 0 Å². The molecule has 2 saturated heterocycles. The minimum Gasteiger partial charge on any atom is -0.494 e. The molecule has 3 rings (SSSR count). The van der Waals surface area contributed by atoms with Gasteiger partial charge in [0.15, 0.2) is 0 Å². The number of rotatable bonds is 9. The molecule has 0 spiro atoms. The number of benzene rings is 1. The molecule has 1 amide bonds. The highest BCUT2D eigenvalue weighted by atomic mass is 16.5. The number of aliphatic hydroxyl groups excluding tert-OH is 1. The Morgan fingerprint density at radius 1 is 1.00 bits per heavy atom. The van der Waals surface area contributed by atoms with E-state index in [0.717, 1.165) is 37.7 Å². The second kappa shape index (κ2) is 11.3. The molecule has 162 valence electrons. The smallest absolute Gasteiger partial charge is 0.236 e. The average Bonchev–Trinajstić information content (AvgIpc) is 2.75. The van der Waals surface area contributed by atoms with Gasteiger partial charge in [-0.3, -0.25) is 14.6 Å². The van der Waals surface area contributed by atoms with Crippen LogP contribution in [0.2, 0.25) is 0 Å². The summed E-state index contributed by atoms with van der Waals surface area (Å²) >= 11 is 0. The molecule has 1 atom stereocenters. The maximum atomic E-state index is 12.4. The summed E-state index contributed by atoms with van der Waals surface area (Å²) in [5, 5.41) is 10.3. The molecule has 8 heteroatoms. The van der Waals surface area contributed by atoms with Crippen LogP contribution in [-0.4, -0.2) is 111 Å². The molecule has 2 heterocycles. The molecular formula is C21H33N3O5. The summed E-state index contributed by atoms with van der Waals surface area (Å²) < 4.78 is 16.4. The van der Waals surface area contributed by atoms with Gasteiger partial charge in [-0.2, -0.15) is 0 Å². The molecule has 0 radical (unpaired) electrons. The van der Waals surface area contributed by atoms with E-state index in [-0.39, 0.29) is 12.5 Å². The summed E-state index contributed by atoms with van der Waals surface area (Å²) in [6, 6.07) is 7.43. The highest BCUT2D eigenvalue weighted by molar-refractivity contribution is 5.78. The van der Waals surface area contributed by atoms with Crippen LogP contribution in [0.3, 0.4) is 0 Å². The molecule has 0 aromatic heterocycles. The summed E-state index contributed by atoms with van der Waals surface area (Å²) in [6.45, 7) is 9.89. The van der Waals surface area contributed by atoms with E-state index < -0.39 is 6.10 Å². The quantitative estimate of drug-likeness (QED) is 0.631. The van der Waals surface area contributed by atoms with E-state index in [2.05, 4.69) is 9.80 Å². The van der Waals surface area contributed by atoms with Crippen molar-refractivity contribution >= 4 is 5.91 Å². The number of hydrogen-bond acceptors (Lipinski definition) is 7. The second-order valence-corrected chi connectivity index (χ2v) is 7.44. The third-order valence-electron chi connectivity index (χ3n) is 5.23. The van der Waals surface area contributed by atoms with Crippen molar-refractivity contribution in [3.63, 3.8) is 0 Å². The first kappa shape index (κ1) is 21.8. The SMILES string of the molecule is CCOc1ccc(OCC(O)CN2CCN(CC(=O)N3CCOCC3)CC2)cc1. The Morgan fingerprint density at radius 2 is 1.59 bits per heavy atom. The van der Waals surface area contributed by atoms with Crippen LogP contribution in [0.4, 0.5) is 0 Å². The zero-order chi connectivity index (χ0) is 20.5. The normalized spacial score (nSPS) is 19.7. The predicted molar refractivity (Wildman–Crippen MR) is 109 cm³/mol. The van der Waals surface area contributed by atoms with E-state index in [1.807, 2.05) is 36.1 Å². The monoisotopic (exact) mass is 407 g/mol. The lowest BCUT2D eigenvalue weighted by Crippen LogP contribution is -2.52. The Bertz CT molecular complexity index is 613. The Morgan fingerprint density at radius 3 is 2.21 bits per heavy atom. The maximum absolute atomic E-state index is 12.4. The first-order chi connectivity index (χ1) is 14.1. The van der Waals surface area contributed by atoms with Crippen LogP contribution in [0.25, 0.3) is 0 Å². The standard InChI is InChI=1S/C21H33N3O5/c1-2-28-19-3-5-20(6-4-19)29-17-18(25)15-22-7-9-23(10-8-22)16-21(26)24-11-13-27-14-12-24/h3-6,18,25H,2,7-17H2,1H3. The molecule has 29 heavy (non-hydrogen) atoms. The van der Waals surface area contributed by atoms with Gasteiger partial charge in [-0.25, -0.2) is 0 Å². The van der Waals surface area contributed by atoms with Crippen LogP contribution < -0.4 is 9.47 Å². The predicted octanol–water partition coefficient (Wildman–Crippen LogP) is 0.301. The van der Waals surface area contributed by atoms with Gasteiger partial charge in [0.2, 0.25) is 5.91 Å². The highest BCUT2D eigenvalue weighted by Gasteiger charge is 2.24. The van der Waals surface area contributed by atoms with Crippen molar-refractivity contribution in [2.75, 3.05) is 78.8 Å². The van der Waals surface area contributed by atoms with Crippen molar-refractivity contribution < 1.29 is 24.1 Å². The van der Waals surface area contributed by atoms with E-state index in [4.69, 9.17) is 14.2 Å². The molecule has 2 aliphatic heterocycles. The lowest BCUT2D eigenvalue weighted by Gasteiger charge is -2.36. The van der Waals surface area contributed by atoms with Crippen molar-refractivity contribution in [1.82, 2.24) is 14.7 Å². The third kappa shape index (κ3) is 7.15. The van der Waals surface area contributed by atoms with Gasteiger partial charge in [-0.15, -0.1) is 0 Å². The molecular weight excluding hydrogens is 374 g/mol. The largest absolute Gasteiger partial charge is 0.494 e. The van der Waals surface area contributed by atoms with Gasteiger partial charge in [-0.1, -0.05) is 0 Å². The first-order valence-electron chi connectivity index (χ1n) is 10.5. The van der Waals surface area contributed by atoms with E-state index in [0.29, 0.717) is 46.0 Å². The lowest BCUT2D eigenvalue weighted by molar-refractivity contribution is -0.137. The van der Waals surface area contributed by atoms with Crippen molar-refractivity contribution in [1.29, 1.82) is 0 Å². The van der Waals surface area contributed by atoms with Gasteiger partial charge in [0.1, 0.15) is 24.2 Å². The van der Waals surface area contributed by atoms with Gasteiger partial charge in [0.05, 0.1) is 26.4 Å². The topological polar surface area (TPSA) is 74.7 Å². The Kier molecular flexibility index (Phi) is 8.54. The van der Waals surface area contributed by atoms with E-state index in [1.165, 1.54) is 0 Å². The summed E-state index contributed by atoms with van der Waals surface area (Å²) in [5.41, 5.74) is 0. The second-order valence-electron chi connectivity index (χ2n) is 7.44. The van der Waals surface area contributed by atoms with Crippen molar-refractivity contribution in [2.24, 2.45) is 0 Å². The van der Waals surface area contributed by atoms with E-state index >= 15 is 0 Å². The van der Waals surface area contributed by atoms with Crippen molar-refractivity contribution in [3.05, 3.63) is 24.3 Å². The fourth-order valence-electron chi connectivity index (χ4n) is 3.58. The number of nitrogens with zero attached hydrogens (tertiary/aromatic N) is 3. The van der Waals surface area contributed by atoms with Crippen molar-refractivity contribution in [3.8, 4) is 11.5 Å². The molecule has 2 fully saturated rings. The number of carbonyl (C=O) groups excluding carboxylic acids is 1. The number of aliphatic hydroxyl groups is 1. The average molecular weight is 408 g/mol. The van der Waals surface area contributed by atoms with Gasteiger partial charge in [0, 0.05) is 45.8 Å². The molecule has 1 aromatic rings. The number of hydrogen-bond donors (Lipinski definition) is 1. The van der Waals surface area contributed by atoms with Crippen LogP contribution in [0.5, 0.6) is 11.5 Å². The van der Waals surface area contributed by atoms with Gasteiger partial charge in [-0.05, 0) is 31.2 Å². The zero-order valence-corrected chi connectivity index (χ0v) is 17.3. The van der Waals surface area contributed by atoms with E-state index in [1.54, 1.807) is 0 Å². The summed E-state index contributed by atoms with van der Waals surface area (Å²) in [4.78, 5) is 18.7. The van der Waals surface area contributed by atoms with Crippen LogP contribution in [-0.2, 0) is 9.53 Å². The van der Waals surface area contributed by atoms with Crippen LogP contribution in [0.1, 0.15) is 6.92 Å². The molecule has 0 aliphatic carbocycles. The van der Waals surface area contributed by atoms with Crippen LogP contribution in [0.15, 0.2) is 24.3 Å². The Labute approximate surface area is 172 Å². The molecule has 2 aliphatic rings. The molecule has 1 aromatic carbocycles. The van der Waals surface area contributed by atoms with Crippen molar-refractivity contribution in [2.45, 2.75) is 13.0 Å². The summed E-state index contributed by atoms with van der Waals surface area (Å²) in [7, 11) is 0. The third-order valence-corrected chi connectivity index (χ3v) is 5.23. The number of carbonyl (C=O) groups is 1. The number of ether oxygens (including phenoxy) is 3. The highest BCUT2D eigenvalue weighted by Crippen LogP contribution is 2.17. The molecule has 1 unspecified atom stereocenters. The minimum atomic E-state index is -0.553. The number of morpholine rings is 1. The van der Waals surface area contributed by atoms with Gasteiger partial charge in [0.25, 0.3) is 0 Å². The molecule has 1 N–H and O–H groups in total. The zero-order valence-electron chi connectivity index (χ0n) is 17.3. The number of β-amino-alcohol motifs (C(OH)–C–C–N with tert-alkyl or cyclic N) is 1. The number of piperazine rings is 1. The maximum Gasteiger partial charge on any atom is 0.236 e. The Hall–Kier alpha value is -1.87. The van der Waals surface area contributed by atoms with Crippen LogP contribution in [0, 0.1) is 0 Å². The summed E-state index contributed by atoms with van der Waals surface area (Å²) in [5.74, 6) is 1.72. The Balaban J connectivity index is 1.31. The molecule has 0 saturated carbocycles. The van der Waals surface area contributed by atoms with E-state index in [9.17, 15) is 9.90 Å². The van der Waals surface area contributed by atoms with Gasteiger partial charge < -0.3 is 24.2 Å². The lowest BCUT2D eigenvalue weighted by atomic mass is 10.2. The minimum absolute atomic E-state index is 0.186. The van der Waals surface area contributed by atoms with Crippen LogP contribution >= 0.6 is 0 Å². The fraction of sp³-hybridized carbons (Fsp3) is 0.667. The first-order valence-corrected chi connectivity index (χ1v) is 10.5. The molecule has 8 nitrogen and oxygen atoms in total. The fourth-order valence-corrected chi connectivity index (χ4v) is 3.58.